The van der Waals surface area contributed by atoms with Gasteiger partial charge in [0.2, 0.25) is 0 Å². The van der Waals surface area contributed by atoms with Gasteiger partial charge in [0, 0.05) is 38.5 Å². The van der Waals surface area contributed by atoms with Crippen molar-refractivity contribution < 1.29 is 0 Å². The molecule has 0 aromatic carbocycles. The lowest BCUT2D eigenvalue weighted by molar-refractivity contribution is 0.637. The Bertz CT molecular complexity index is 717. The first kappa shape index (κ1) is 13.1. The minimum Gasteiger partial charge on any atom is -0.327 e. The molecule has 3 aromatic rings. The highest BCUT2D eigenvalue weighted by atomic mass is 35.5. The number of hydrogen-bond acceptors (Lipinski definition) is 4. The largest absolute Gasteiger partial charge is 0.327 e. The summed E-state index contributed by atoms with van der Waals surface area (Å²) in [7, 11) is 1.95. The van der Waals surface area contributed by atoms with Gasteiger partial charge in [0.05, 0.1) is 11.7 Å². The van der Waals surface area contributed by atoms with Crippen molar-refractivity contribution in [3.8, 4) is 0 Å². The van der Waals surface area contributed by atoms with Gasteiger partial charge in [-0.3, -0.25) is 4.98 Å². The van der Waals surface area contributed by atoms with Crippen LogP contribution < -0.4 is 0 Å². The molecule has 0 N–H and O–H groups in total. The molecule has 0 saturated heterocycles. The quantitative estimate of drug-likeness (QED) is 0.670. The third-order valence-electron chi connectivity index (χ3n) is 3.31. The molecular formula is C13H15ClN6. The fourth-order valence-electron chi connectivity index (χ4n) is 2.30. The number of nitrogens with zero attached hydrogens (tertiary/aromatic N) is 6. The number of halogens is 1. The smallest absolute Gasteiger partial charge is 0.134 e. The lowest BCUT2D eigenvalue weighted by Gasteiger charge is -2.08. The molecule has 7 heteroatoms. The van der Waals surface area contributed by atoms with Crippen molar-refractivity contribution >= 4 is 22.6 Å². The lowest BCUT2D eigenvalue weighted by Crippen LogP contribution is -2.09. The highest BCUT2D eigenvalue weighted by Crippen LogP contribution is 2.16. The zero-order valence-corrected chi connectivity index (χ0v) is 12.0. The Balaban J connectivity index is 1.92. The Morgan fingerprint density at radius 3 is 2.90 bits per heavy atom. The summed E-state index contributed by atoms with van der Waals surface area (Å²) in [6.45, 7) is 0.805. The number of alkyl halides is 1. The molecule has 0 aliphatic heterocycles. The van der Waals surface area contributed by atoms with E-state index in [1.54, 1.807) is 18.7 Å². The van der Waals surface area contributed by atoms with Crippen LogP contribution >= 0.6 is 11.6 Å². The topological polar surface area (TPSA) is 61.4 Å². The van der Waals surface area contributed by atoms with Gasteiger partial charge in [0.1, 0.15) is 23.5 Å². The molecule has 20 heavy (non-hydrogen) atoms. The van der Waals surface area contributed by atoms with Crippen LogP contribution in [0.3, 0.4) is 0 Å². The van der Waals surface area contributed by atoms with E-state index in [2.05, 4.69) is 24.7 Å². The van der Waals surface area contributed by atoms with E-state index in [1.807, 2.05) is 17.7 Å². The van der Waals surface area contributed by atoms with Crippen LogP contribution in [0.5, 0.6) is 0 Å². The second-order valence-electron chi connectivity index (χ2n) is 4.59. The average Bonchev–Trinajstić information content (AvgIpc) is 3.01. The van der Waals surface area contributed by atoms with Crippen molar-refractivity contribution in [2.45, 2.75) is 19.4 Å². The van der Waals surface area contributed by atoms with E-state index >= 15 is 0 Å². The van der Waals surface area contributed by atoms with E-state index in [4.69, 9.17) is 11.6 Å². The SMILES string of the molecule is Cn1cnnc1CCn1c(CCCl)nc2cnccc21. The molecule has 3 rings (SSSR count). The van der Waals surface area contributed by atoms with Crippen LogP contribution in [0.4, 0.5) is 0 Å². The molecule has 0 fully saturated rings. The Labute approximate surface area is 121 Å². The monoisotopic (exact) mass is 290 g/mol. The molecule has 3 heterocycles. The minimum atomic E-state index is 0.556. The van der Waals surface area contributed by atoms with Gasteiger partial charge in [-0.15, -0.1) is 21.8 Å². The molecule has 3 aromatic heterocycles. The van der Waals surface area contributed by atoms with Crippen molar-refractivity contribution in [3.05, 3.63) is 36.4 Å². The maximum Gasteiger partial charge on any atom is 0.134 e. The number of pyridine rings is 1. The van der Waals surface area contributed by atoms with Gasteiger partial charge in [-0.1, -0.05) is 0 Å². The maximum atomic E-state index is 5.87. The number of aromatic nitrogens is 6. The molecule has 0 bridgehead atoms. The third kappa shape index (κ3) is 2.38. The molecule has 0 unspecified atom stereocenters. The van der Waals surface area contributed by atoms with Gasteiger partial charge in [-0.25, -0.2) is 4.98 Å². The fraction of sp³-hybridized carbons (Fsp3) is 0.385. The van der Waals surface area contributed by atoms with Crippen molar-refractivity contribution in [2.24, 2.45) is 7.05 Å². The Kier molecular flexibility index (Phi) is 3.64. The van der Waals surface area contributed by atoms with E-state index in [0.717, 1.165) is 42.1 Å². The molecule has 0 saturated carbocycles. The zero-order valence-electron chi connectivity index (χ0n) is 11.2. The molecule has 0 aliphatic carbocycles. The van der Waals surface area contributed by atoms with E-state index in [-0.39, 0.29) is 0 Å². The summed E-state index contributed by atoms with van der Waals surface area (Å²) in [5.41, 5.74) is 1.99. The van der Waals surface area contributed by atoms with Crippen LogP contribution in [0, 0.1) is 0 Å². The van der Waals surface area contributed by atoms with Gasteiger partial charge in [-0.2, -0.15) is 0 Å². The standard InChI is InChI=1S/C13H15ClN6/c1-19-9-16-18-13(19)4-7-20-11-3-6-15-8-10(11)17-12(20)2-5-14/h3,6,8-9H,2,4-5,7H2,1H3. The Morgan fingerprint density at radius 2 is 2.15 bits per heavy atom. The summed E-state index contributed by atoms with van der Waals surface area (Å²) < 4.78 is 4.12. The van der Waals surface area contributed by atoms with Crippen molar-refractivity contribution in [1.82, 2.24) is 29.3 Å². The van der Waals surface area contributed by atoms with Gasteiger partial charge in [-0.05, 0) is 6.07 Å². The second-order valence-corrected chi connectivity index (χ2v) is 4.97. The summed E-state index contributed by atoms with van der Waals surface area (Å²) in [6, 6.07) is 1.98. The summed E-state index contributed by atoms with van der Waals surface area (Å²) in [6.07, 6.45) is 6.83. The molecule has 104 valence electrons. The van der Waals surface area contributed by atoms with Crippen molar-refractivity contribution in [3.63, 3.8) is 0 Å². The Hall–Kier alpha value is -1.95. The summed E-state index contributed by atoms with van der Waals surface area (Å²) >= 11 is 5.87. The van der Waals surface area contributed by atoms with Gasteiger partial charge >= 0.3 is 0 Å². The first-order chi connectivity index (χ1) is 9.79. The predicted molar refractivity (Wildman–Crippen MR) is 76.7 cm³/mol. The number of imidazole rings is 1. The number of aryl methyl sites for hydroxylation is 4. The summed E-state index contributed by atoms with van der Waals surface area (Å²) in [4.78, 5) is 8.71. The molecule has 0 spiro atoms. The van der Waals surface area contributed by atoms with Crippen LogP contribution in [0.25, 0.3) is 11.0 Å². The molecule has 0 radical (unpaired) electrons. The molecule has 0 aliphatic rings. The van der Waals surface area contributed by atoms with Crippen molar-refractivity contribution in [2.75, 3.05) is 5.88 Å². The van der Waals surface area contributed by atoms with E-state index < -0.39 is 0 Å². The summed E-state index contributed by atoms with van der Waals surface area (Å²) in [5, 5.41) is 8.01. The normalized spacial score (nSPS) is 11.3. The predicted octanol–water partition coefficient (Wildman–Crippen LogP) is 1.58. The van der Waals surface area contributed by atoms with Crippen LogP contribution in [0.15, 0.2) is 24.8 Å². The number of rotatable bonds is 5. The van der Waals surface area contributed by atoms with Gasteiger partial charge in [0.15, 0.2) is 0 Å². The van der Waals surface area contributed by atoms with Crippen LogP contribution in [-0.4, -0.2) is 35.2 Å². The molecule has 6 nitrogen and oxygen atoms in total. The fourth-order valence-corrected chi connectivity index (χ4v) is 2.47. The van der Waals surface area contributed by atoms with E-state index in [1.165, 1.54) is 0 Å². The summed E-state index contributed by atoms with van der Waals surface area (Å²) in [5.74, 6) is 2.50. The minimum absolute atomic E-state index is 0.556. The van der Waals surface area contributed by atoms with Crippen molar-refractivity contribution in [1.29, 1.82) is 0 Å². The van der Waals surface area contributed by atoms with E-state index in [9.17, 15) is 0 Å². The Morgan fingerprint density at radius 1 is 1.25 bits per heavy atom. The van der Waals surface area contributed by atoms with Crippen LogP contribution in [0.1, 0.15) is 11.6 Å². The third-order valence-corrected chi connectivity index (χ3v) is 3.50. The molecule has 0 amide bonds. The number of hydrogen-bond donors (Lipinski definition) is 0. The first-order valence-electron chi connectivity index (χ1n) is 6.47. The number of fused-ring (bicyclic) bond motifs is 1. The van der Waals surface area contributed by atoms with Crippen LogP contribution in [-0.2, 0) is 26.4 Å². The lowest BCUT2D eigenvalue weighted by atomic mass is 10.3. The first-order valence-corrected chi connectivity index (χ1v) is 7.01. The molecule has 0 atom stereocenters. The highest BCUT2D eigenvalue weighted by Gasteiger charge is 2.11. The van der Waals surface area contributed by atoms with Gasteiger partial charge < -0.3 is 9.13 Å². The van der Waals surface area contributed by atoms with Gasteiger partial charge in [0.25, 0.3) is 0 Å². The highest BCUT2D eigenvalue weighted by molar-refractivity contribution is 6.17. The molecular weight excluding hydrogens is 276 g/mol. The van der Waals surface area contributed by atoms with E-state index in [0.29, 0.717) is 5.88 Å². The second kappa shape index (κ2) is 5.58. The average molecular weight is 291 g/mol. The van der Waals surface area contributed by atoms with Crippen LogP contribution in [0.2, 0.25) is 0 Å². The zero-order chi connectivity index (χ0) is 13.9. The maximum absolute atomic E-state index is 5.87.